The van der Waals surface area contributed by atoms with Gasteiger partial charge < -0.3 is 24.0 Å². The number of H-pyrrole nitrogens is 3. The van der Waals surface area contributed by atoms with Gasteiger partial charge in [-0.25, -0.2) is 4.79 Å². The van der Waals surface area contributed by atoms with Crippen LogP contribution in [0.2, 0.25) is 0 Å². The van der Waals surface area contributed by atoms with Gasteiger partial charge in [0.05, 0.1) is 27.9 Å². The molecule has 4 aromatic rings. The van der Waals surface area contributed by atoms with E-state index in [4.69, 9.17) is 14.0 Å². The van der Waals surface area contributed by atoms with Crippen LogP contribution in [0.5, 0.6) is 5.75 Å². The molecule has 5 rings (SSSR count). The minimum Gasteiger partial charge on any atom is -0.489 e. The average molecular weight is 536 g/mol. The topological polar surface area (TPSA) is 207 Å². The normalized spacial score (nSPS) is 14.5. The summed E-state index contributed by atoms with van der Waals surface area (Å²) in [5.41, 5.74) is -1.39. The van der Waals surface area contributed by atoms with Crippen molar-refractivity contribution in [1.82, 2.24) is 15.1 Å². The maximum absolute atomic E-state index is 12.8. The zero-order chi connectivity index (χ0) is 27.8. The minimum absolute atomic E-state index is 0.0407. The lowest BCUT2D eigenvalue weighted by molar-refractivity contribution is -0.385. The number of nitro benzene ring substituents is 1. The summed E-state index contributed by atoms with van der Waals surface area (Å²) < 4.78 is 15.9. The van der Waals surface area contributed by atoms with E-state index in [0.717, 1.165) is 0 Å². The molecule has 0 amide bonds. The number of nitrogens with one attached hydrogen (secondary N) is 3. The van der Waals surface area contributed by atoms with Gasteiger partial charge in [0.25, 0.3) is 11.2 Å². The van der Waals surface area contributed by atoms with Crippen molar-refractivity contribution in [3.8, 4) is 5.75 Å². The summed E-state index contributed by atoms with van der Waals surface area (Å²) in [7, 11) is 0. The molecule has 3 N–H and O–H groups in total. The Bertz CT molecular complexity index is 1830. The number of benzene rings is 2. The van der Waals surface area contributed by atoms with E-state index in [0.29, 0.717) is 17.5 Å². The summed E-state index contributed by atoms with van der Waals surface area (Å²) in [6, 6.07) is 7.29. The van der Waals surface area contributed by atoms with E-state index in [1.807, 2.05) is 0 Å². The van der Waals surface area contributed by atoms with Gasteiger partial charge in [0.1, 0.15) is 23.2 Å². The van der Waals surface area contributed by atoms with Crippen LogP contribution >= 0.6 is 0 Å². The van der Waals surface area contributed by atoms with Gasteiger partial charge in [0.2, 0.25) is 0 Å². The van der Waals surface area contributed by atoms with E-state index in [9.17, 15) is 34.1 Å². The Hall–Kier alpha value is -5.27. The van der Waals surface area contributed by atoms with Gasteiger partial charge in [-0.15, -0.1) is 0 Å². The Morgan fingerprint density at radius 3 is 2.56 bits per heavy atom. The molecule has 0 saturated heterocycles. The van der Waals surface area contributed by atoms with Crippen LogP contribution in [0.25, 0.3) is 11.0 Å². The number of carbonyl (C=O) groups excluding carboxylic acids is 2. The molecule has 1 aliphatic rings. The third-order valence-electron chi connectivity index (χ3n) is 6.49. The molecule has 0 fully saturated rings. The molecule has 39 heavy (non-hydrogen) atoms. The smallest absolute Gasteiger partial charge is 0.349 e. The van der Waals surface area contributed by atoms with E-state index in [2.05, 4.69) is 15.1 Å². The first-order chi connectivity index (χ1) is 18.6. The maximum Gasteiger partial charge on any atom is 0.349 e. The lowest BCUT2D eigenvalue weighted by Gasteiger charge is -2.26. The molecule has 0 spiro atoms. The summed E-state index contributed by atoms with van der Waals surface area (Å²) in [6.45, 7) is 1.49. The molecule has 1 unspecified atom stereocenters. The second-order valence-corrected chi connectivity index (χ2v) is 8.93. The fraction of sp³-hybridized carbons (Fsp3) is 0.240. The van der Waals surface area contributed by atoms with Crippen molar-refractivity contribution in [1.29, 1.82) is 0 Å². The monoisotopic (exact) mass is 536 g/mol. The standard InChI is InChI=1S/C25H20N4O10/c1-11-15(22(31)28-39-11)9-20(30)38-25(34)14-4-2-3-5-19(14)37-12-6-7-13-16(8-12)21-17(10-18(13)29(35)36)26-23(32)24(33)27-21/h2-5,10,12H,6-9H2,1H3,(H,26,32)(H,27,33)(H,28,31). The molecule has 2 aromatic carbocycles. The van der Waals surface area contributed by atoms with Gasteiger partial charge in [0.15, 0.2) is 0 Å². The average Bonchev–Trinajstić information content (AvgIpc) is 3.21. The first-order valence-electron chi connectivity index (χ1n) is 11.8. The van der Waals surface area contributed by atoms with Gasteiger partial charge >= 0.3 is 23.1 Å². The van der Waals surface area contributed by atoms with Gasteiger partial charge in [-0.1, -0.05) is 12.1 Å². The lowest BCUT2D eigenvalue weighted by Crippen LogP contribution is -2.31. The van der Waals surface area contributed by atoms with Gasteiger partial charge in [-0.3, -0.25) is 29.3 Å². The highest BCUT2D eigenvalue weighted by molar-refractivity contribution is 5.99. The zero-order valence-corrected chi connectivity index (χ0v) is 20.3. The number of carbonyl (C=O) groups is 2. The van der Waals surface area contributed by atoms with Gasteiger partial charge in [-0.05, 0) is 37.5 Å². The van der Waals surface area contributed by atoms with Crippen molar-refractivity contribution in [3.63, 3.8) is 0 Å². The van der Waals surface area contributed by atoms with E-state index >= 15 is 0 Å². The van der Waals surface area contributed by atoms with Crippen molar-refractivity contribution in [3.05, 3.63) is 99.5 Å². The largest absolute Gasteiger partial charge is 0.489 e. The molecule has 0 saturated carbocycles. The van der Waals surface area contributed by atoms with Crippen molar-refractivity contribution < 1.29 is 28.5 Å². The van der Waals surface area contributed by atoms with Crippen molar-refractivity contribution in [2.24, 2.45) is 0 Å². The summed E-state index contributed by atoms with van der Waals surface area (Å²) in [5.74, 6) is -1.65. The second kappa shape index (κ2) is 9.89. The van der Waals surface area contributed by atoms with E-state index < -0.39 is 46.1 Å². The molecule has 2 aromatic heterocycles. The Morgan fingerprint density at radius 2 is 1.85 bits per heavy atom. The maximum atomic E-state index is 12.8. The molecule has 0 aliphatic heterocycles. The van der Waals surface area contributed by atoms with Crippen molar-refractivity contribution >= 4 is 28.7 Å². The number of nitrogens with zero attached hydrogens (tertiary/aromatic N) is 1. The predicted molar refractivity (Wildman–Crippen MR) is 133 cm³/mol. The Balaban J connectivity index is 1.40. The molecule has 2 heterocycles. The lowest BCUT2D eigenvalue weighted by atomic mass is 9.87. The fourth-order valence-corrected chi connectivity index (χ4v) is 4.62. The fourth-order valence-electron chi connectivity index (χ4n) is 4.62. The Morgan fingerprint density at radius 1 is 1.10 bits per heavy atom. The van der Waals surface area contributed by atoms with E-state index in [1.165, 1.54) is 25.1 Å². The second-order valence-electron chi connectivity index (χ2n) is 8.93. The molecule has 1 aliphatic carbocycles. The first kappa shape index (κ1) is 25.4. The van der Waals surface area contributed by atoms with E-state index in [-0.39, 0.29) is 52.2 Å². The molecule has 14 nitrogen and oxygen atoms in total. The SMILES string of the molecule is Cc1o[nH]c(=O)c1CC(=O)OC(=O)c1ccccc1OC1CCc2c([N+](=O)[O-])cc3[nH]c(=O)c(=O)[nH]c3c2C1. The number of nitro groups is 1. The zero-order valence-electron chi connectivity index (χ0n) is 20.3. The number of rotatable bonds is 6. The number of aromatic nitrogens is 3. The number of esters is 2. The number of fused-ring (bicyclic) bond motifs is 3. The van der Waals surface area contributed by atoms with Gasteiger partial charge in [0, 0.05) is 18.1 Å². The molecule has 0 bridgehead atoms. The van der Waals surface area contributed by atoms with Crippen LogP contribution in [0.1, 0.15) is 39.2 Å². The van der Waals surface area contributed by atoms with Gasteiger partial charge in [-0.2, -0.15) is 5.16 Å². The number of hydrogen-bond acceptors (Lipinski definition) is 10. The number of aryl methyl sites for hydroxylation is 1. The van der Waals surface area contributed by atoms with Crippen LogP contribution in [0, 0.1) is 17.0 Å². The van der Waals surface area contributed by atoms with Crippen LogP contribution in [-0.2, 0) is 28.8 Å². The third kappa shape index (κ3) is 4.86. The molecular formula is C25H20N4O10. The highest BCUT2D eigenvalue weighted by atomic mass is 16.6. The van der Waals surface area contributed by atoms with Crippen LogP contribution in [0.15, 0.2) is 49.2 Å². The van der Waals surface area contributed by atoms with Crippen molar-refractivity contribution in [2.45, 2.75) is 38.7 Å². The summed E-state index contributed by atoms with van der Waals surface area (Å²) >= 11 is 0. The number of hydrogen-bond donors (Lipinski definition) is 3. The van der Waals surface area contributed by atoms with Crippen LogP contribution < -0.4 is 21.4 Å². The highest BCUT2D eigenvalue weighted by Crippen LogP contribution is 2.35. The van der Waals surface area contributed by atoms with Crippen LogP contribution in [-0.4, -0.2) is 38.1 Å². The quantitative estimate of drug-likeness (QED) is 0.107. The molecule has 1 atom stereocenters. The molecular weight excluding hydrogens is 516 g/mol. The summed E-state index contributed by atoms with van der Waals surface area (Å²) in [4.78, 5) is 76.6. The molecule has 14 heteroatoms. The van der Waals surface area contributed by atoms with Crippen LogP contribution in [0.4, 0.5) is 5.69 Å². The summed E-state index contributed by atoms with van der Waals surface area (Å²) in [5, 5.41) is 13.8. The Labute approximate surface area is 216 Å². The number of para-hydroxylation sites is 1. The number of aromatic amines is 3. The third-order valence-corrected chi connectivity index (χ3v) is 6.49. The van der Waals surface area contributed by atoms with Crippen molar-refractivity contribution in [2.75, 3.05) is 0 Å². The minimum atomic E-state index is -0.993. The predicted octanol–water partition coefficient (Wildman–Crippen LogP) is 1.58. The summed E-state index contributed by atoms with van der Waals surface area (Å²) in [6.07, 6.45) is -0.345. The van der Waals surface area contributed by atoms with E-state index in [1.54, 1.807) is 12.1 Å². The molecule has 200 valence electrons. The molecule has 0 radical (unpaired) electrons. The highest BCUT2D eigenvalue weighted by Gasteiger charge is 2.30. The Kier molecular flexibility index (Phi) is 6.44. The first-order valence-corrected chi connectivity index (χ1v) is 11.8. The number of ether oxygens (including phenoxy) is 2. The van der Waals surface area contributed by atoms with Crippen LogP contribution in [0.3, 0.4) is 0 Å².